The van der Waals surface area contributed by atoms with Gasteiger partial charge in [-0.25, -0.2) is 0 Å². The largest absolute Gasteiger partial charge is 0.493 e. The zero-order chi connectivity index (χ0) is 14.6. The van der Waals surface area contributed by atoms with Crippen LogP contribution in [0, 0.1) is 0 Å². The number of carboxylic acid groups (broad SMARTS) is 1. The Morgan fingerprint density at radius 2 is 1.65 bits per heavy atom. The normalized spacial score (nSPS) is 18.1. The first-order valence-electron chi connectivity index (χ1n) is 7.10. The number of benzene rings is 1. The molecule has 0 unspecified atom stereocenters. The van der Waals surface area contributed by atoms with Gasteiger partial charge >= 0.3 is 5.97 Å². The van der Waals surface area contributed by atoms with E-state index in [0.717, 1.165) is 31.2 Å². The molecule has 1 aromatic carbocycles. The molecule has 4 nitrogen and oxygen atoms in total. The van der Waals surface area contributed by atoms with Crippen LogP contribution in [0.1, 0.15) is 44.1 Å². The van der Waals surface area contributed by atoms with Crippen LogP contribution in [0.3, 0.4) is 0 Å². The van der Waals surface area contributed by atoms with Gasteiger partial charge in [-0.2, -0.15) is 0 Å². The second-order valence-corrected chi connectivity index (χ2v) is 5.37. The van der Waals surface area contributed by atoms with Crippen LogP contribution in [0.15, 0.2) is 18.2 Å². The van der Waals surface area contributed by atoms with Gasteiger partial charge < -0.3 is 14.6 Å². The maximum absolute atomic E-state index is 11.9. The van der Waals surface area contributed by atoms with Gasteiger partial charge in [-0.05, 0) is 30.5 Å². The van der Waals surface area contributed by atoms with Crippen molar-refractivity contribution in [1.82, 2.24) is 0 Å². The quantitative estimate of drug-likeness (QED) is 0.858. The summed E-state index contributed by atoms with van der Waals surface area (Å²) in [7, 11) is 3.15. The number of carbonyl (C=O) groups is 1. The molecule has 1 saturated carbocycles. The van der Waals surface area contributed by atoms with Gasteiger partial charge in [-0.15, -0.1) is 0 Å². The minimum Gasteiger partial charge on any atom is -0.493 e. The van der Waals surface area contributed by atoms with Crippen LogP contribution >= 0.6 is 0 Å². The second kappa shape index (κ2) is 6.16. The Morgan fingerprint density at radius 1 is 1.05 bits per heavy atom. The highest BCUT2D eigenvalue weighted by atomic mass is 16.5. The molecule has 1 aliphatic rings. The Labute approximate surface area is 119 Å². The number of ether oxygens (including phenoxy) is 2. The van der Waals surface area contributed by atoms with E-state index in [2.05, 4.69) is 0 Å². The van der Waals surface area contributed by atoms with E-state index in [4.69, 9.17) is 9.47 Å². The predicted molar refractivity (Wildman–Crippen MR) is 76.6 cm³/mol. The van der Waals surface area contributed by atoms with Crippen molar-refractivity contribution in [2.75, 3.05) is 14.2 Å². The molecule has 1 aromatic rings. The van der Waals surface area contributed by atoms with E-state index < -0.39 is 11.4 Å². The Morgan fingerprint density at radius 3 is 2.15 bits per heavy atom. The minimum atomic E-state index is -0.782. The van der Waals surface area contributed by atoms with Crippen molar-refractivity contribution < 1.29 is 19.4 Å². The van der Waals surface area contributed by atoms with Crippen molar-refractivity contribution >= 4 is 5.97 Å². The van der Waals surface area contributed by atoms with E-state index in [1.165, 1.54) is 0 Å². The maximum atomic E-state index is 11.9. The van der Waals surface area contributed by atoms with Crippen LogP contribution in [0.25, 0.3) is 0 Å². The number of hydrogen-bond acceptors (Lipinski definition) is 3. The van der Waals surface area contributed by atoms with Crippen LogP contribution in [0.2, 0.25) is 0 Å². The smallest absolute Gasteiger partial charge is 0.314 e. The molecule has 1 fully saturated rings. The lowest BCUT2D eigenvalue weighted by Crippen LogP contribution is -2.35. The SMILES string of the molecule is COc1ccc(C2(C(=O)O)CCCCCC2)cc1OC. The summed E-state index contributed by atoms with van der Waals surface area (Å²) in [5.41, 5.74) is 0.0420. The summed E-state index contributed by atoms with van der Waals surface area (Å²) >= 11 is 0. The fraction of sp³-hybridized carbons (Fsp3) is 0.562. The zero-order valence-corrected chi connectivity index (χ0v) is 12.1. The number of aliphatic carboxylic acids is 1. The fourth-order valence-electron chi connectivity index (χ4n) is 3.09. The third kappa shape index (κ3) is 2.60. The molecule has 0 bridgehead atoms. The van der Waals surface area contributed by atoms with E-state index in [9.17, 15) is 9.90 Å². The Kier molecular flexibility index (Phi) is 4.53. The van der Waals surface area contributed by atoms with Gasteiger partial charge in [0.2, 0.25) is 0 Å². The summed E-state index contributed by atoms with van der Waals surface area (Å²) < 4.78 is 10.5. The van der Waals surface area contributed by atoms with Crippen molar-refractivity contribution in [2.24, 2.45) is 0 Å². The molecule has 2 rings (SSSR count). The molecule has 0 saturated heterocycles. The molecule has 0 aromatic heterocycles. The van der Waals surface area contributed by atoms with E-state index >= 15 is 0 Å². The molecular formula is C16H22O4. The molecule has 0 amide bonds. The lowest BCUT2D eigenvalue weighted by Gasteiger charge is -2.29. The van der Waals surface area contributed by atoms with E-state index in [1.54, 1.807) is 20.3 Å². The molecular weight excluding hydrogens is 256 g/mol. The maximum Gasteiger partial charge on any atom is 0.314 e. The van der Waals surface area contributed by atoms with Gasteiger partial charge in [0, 0.05) is 0 Å². The first kappa shape index (κ1) is 14.7. The average molecular weight is 278 g/mol. The average Bonchev–Trinajstić information content (AvgIpc) is 2.73. The van der Waals surface area contributed by atoms with Crippen molar-refractivity contribution in [3.05, 3.63) is 23.8 Å². The summed E-state index contributed by atoms with van der Waals surface area (Å²) in [5, 5.41) is 9.79. The highest BCUT2D eigenvalue weighted by Gasteiger charge is 2.40. The van der Waals surface area contributed by atoms with Crippen LogP contribution in [-0.4, -0.2) is 25.3 Å². The van der Waals surface area contributed by atoms with Crippen molar-refractivity contribution in [2.45, 2.75) is 43.9 Å². The monoisotopic (exact) mass is 278 g/mol. The summed E-state index contributed by atoms with van der Waals surface area (Å²) in [6.45, 7) is 0. The second-order valence-electron chi connectivity index (χ2n) is 5.37. The van der Waals surface area contributed by atoms with E-state index in [-0.39, 0.29) is 0 Å². The molecule has 0 radical (unpaired) electrons. The Balaban J connectivity index is 2.46. The number of hydrogen-bond donors (Lipinski definition) is 1. The first-order valence-corrected chi connectivity index (χ1v) is 7.10. The van der Waals surface area contributed by atoms with Crippen LogP contribution in [0.4, 0.5) is 0 Å². The zero-order valence-electron chi connectivity index (χ0n) is 12.1. The third-order valence-corrected chi connectivity index (χ3v) is 4.30. The van der Waals surface area contributed by atoms with Gasteiger partial charge in [0.05, 0.1) is 19.6 Å². The molecule has 0 heterocycles. The first-order chi connectivity index (χ1) is 9.64. The molecule has 110 valence electrons. The van der Waals surface area contributed by atoms with Gasteiger partial charge in [-0.3, -0.25) is 4.79 Å². The molecule has 20 heavy (non-hydrogen) atoms. The summed E-state index contributed by atoms with van der Waals surface area (Å²) in [6.07, 6.45) is 5.53. The molecule has 1 aliphatic carbocycles. The standard InChI is InChI=1S/C16H22O4/c1-19-13-8-7-12(11-14(13)20-2)16(15(17)18)9-5-3-4-6-10-16/h7-8,11H,3-6,9-10H2,1-2H3,(H,17,18). The van der Waals surface area contributed by atoms with Gasteiger partial charge in [0.25, 0.3) is 0 Å². The van der Waals surface area contributed by atoms with Crippen LogP contribution in [-0.2, 0) is 10.2 Å². The minimum absolute atomic E-state index is 0.592. The summed E-state index contributed by atoms with van der Waals surface area (Å²) in [6, 6.07) is 5.48. The number of methoxy groups -OCH3 is 2. The Bertz CT molecular complexity index is 473. The summed E-state index contributed by atoms with van der Waals surface area (Å²) in [5.74, 6) is 0.493. The van der Waals surface area contributed by atoms with Crippen molar-refractivity contribution in [3.8, 4) is 11.5 Å². The van der Waals surface area contributed by atoms with Gasteiger partial charge in [-0.1, -0.05) is 31.7 Å². The van der Waals surface area contributed by atoms with Crippen molar-refractivity contribution in [1.29, 1.82) is 0 Å². The number of carboxylic acids is 1. The molecule has 0 aliphatic heterocycles. The van der Waals surface area contributed by atoms with E-state index in [0.29, 0.717) is 24.3 Å². The lowest BCUT2D eigenvalue weighted by molar-refractivity contribution is -0.144. The third-order valence-electron chi connectivity index (χ3n) is 4.30. The molecule has 1 N–H and O–H groups in total. The molecule has 4 heteroatoms. The van der Waals surface area contributed by atoms with Crippen LogP contribution < -0.4 is 9.47 Å². The summed E-state index contributed by atoms with van der Waals surface area (Å²) in [4.78, 5) is 11.9. The van der Waals surface area contributed by atoms with Gasteiger partial charge in [0.15, 0.2) is 11.5 Å². The Hall–Kier alpha value is -1.71. The highest BCUT2D eigenvalue weighted by molar-refractivity contribution is 5.81. The number of rotatable bonds is 4. The lowest BCUT2D eigenvalue weighted by atomic mass is 9.74. The van der Waals surface area contributed by atoms with E-state index in [1.807, 2.05) is 12.1 Å². The predicted octanol–water partition coefficient (Wildman–Crippen LogP) is 3.38. The van der Waals surface area contributed by atoms with Gasteiger partial charge in [0.1, 0.15) is 0 Å². The topological polar surface area (TPSA) is 55.8 Å². The fourth-order valence-corrected chi connectivity index (χ4v) is 3.09. The van der Waals surface area contributed by atoms with Crippen LogP contribution in [0.5, 0.6) is 11.5 Å². The molecule has 0 atom stereocenters. The highest BCUT2D eigenvalue weighted by Crippen LogP contribution is 2.41. The molecule has 0 spiro atoms. The van der Waals surface area contributed by atoms with Crippen molar-refractivity contribution in [3.63, 3.8) is 0 Å².